The van der Waals surface area contributed by atoms with Crippen molar-refractivity contribution >= 4 is 27.8 Å². The molecule has 4 aromatic rings. The van der Waals surface area contributed by atoms with Crippen LogP contribution in [0, 0.1) is 0 Å². The molecule has 0 saturated carbocycles. The number of benzene rings is 4. The van der Waals surface area contributed by atoms with Crippen molar-refractivity contribution in [2.24, 2.45) is 0 Å². The van der Waals surface area contributed by atoms with Gasteiger partial charge in [0.1, 0.15) is 29.9 Å². The van der Waals surface area contributed by atoms with E-state index in [4.69, 9.17) is 28.4 Å². The Hall–Kier alpha value is -4.22. The van der Waals surface area contributed by atoms with Crippen LogP contribution in [0.15, 0.2) is 102 Å². The number of hydrogen-bond acceptors (Lipinski definition) is 8. The Kier molecular flexibility index (Phi) is 14.1. The summed E-state index contributed by atoms with van der Waals surface area (Å²) >= 11 is 3.42. The van der Waals surface area contributed by atoms with Crippen molar-refractivity contribution in [1.82, 2.24) is 5.32 Å². The van der Waals surface area contributed by atoms with Gasteiger partial charge in [0.2, 0.25) is 0 Å². The fourth-order valence-electron chi connectivity index (χ4n) is 4.52. The summed E-state index contributed by atoms with van der Waals surface area (Å²) in [7, 11) is 2.91. The molecular weight excluding hydrogens is 654 g/mol. The number of carbonyl (C=O) groups excluding carboxylic acids is 2. The summed E-state index contributed by atoms with van der Waals surface area (Å²) < 4.78 is 33.5. The van der Waals surface area contributed by atoms with Gasteiger partial charge in [-0.15, -0.1) is 0 Å². The summed E-state index contributed by atoms with van der Waals surface area (Å²) in [5, 5.41) is 2.83. The Balaban J connectivity index is 1.39. The van der Waals surface area contributed by atoms with Crippen molar-refractivity contribution in [2.75, 3.05) is 53.9 Å². The standard InChI is InChI=1S/C36H38BrNO8/c1-41-18-19-43-20-21-44-22-23-45-33-17-16-28(37)25-31(33)35(39)38-32(36(40)42-2)24-26-12-14-27(15-13-26)30-10-6-7-11-34(30)46-29-8-4-3-5-9-29/h3-17,25,32H,18-24H2,1-2H3,(H,38,39)/t32-/m0/s1. The zero-order valence-corrected chi connectivity index (χ0v) is 27.5. The van der Waals surface area contributed by atoms with Gasteiger partial charge in [0.25, 0.3) is 5.91 Å². The minimum atomic E-state index is -0.926. The van der Waals surface area contributed by atoms with Crippen LogP contribution in [-0.4, -0.2) is 71.8 Å². The number of halogens is 1. The molecule has 4 rings (SSSR count). The highest BCUT2D eigenvalue weighted by Crippen LogP contribution is 2.33. The first-order valence-corrected chi connectivity index (χ1v) is 15.6. The van der Waals surface area contributed by atoms with Gasteiger partial charge in [0.05, 0.1) is 45.7 Å². The van der Waals surface area contributed by atoms with E-state index in [-0.39, 0.29) is 18.6 Å². The molecule has 1 atom stereocenters. The summed E-state index contributed by atoms with van der Waals surface area (Å²) in [6.07, 6.45) is 0.228. The Bertz CT molecular complexity index is 1530. The van der Waals surface area contributed by atoms with Gasteiger partial charge in [0.15, 0.2) is 0 Å². The highest BCUT2D eigenvalue weighted by molar-refractivity contribution is 9.10. The molecule has 9 nitrogen and oxygen atoms in total. The molecule has 46 heavy (non-hydrogen) atoms. The molecule has 242 valence electrons. The Morgan fingerprint density at radius 1 is 0.739 bits per heavy atom. The van der Waals surface area contributed by atoms with Crippen molar-refractivity contribution in [3.05, 3.63) is 113 Å². The maximum absolute atomic E-state index is 13.4. The van der Waals surface area contributed by atoms with Crippen LogP contribution < -0.4 is 14.8 Å². The smallest absolute Gasteiger partial charge is 0.328 e. The van der Waals surface area contributed by atoms with Crippen LogP contribution in [0.1, 0.15) is 15.9 Å². The Labute approximate surface area is 277 Å². The third-order valence-electron chi connectivity index (χ3n) is 6.83. The van der Waals surface area contributed by atoms with Crippen molar-refractivity contribution in [3.63, 3.8) is 0 Å². The van der Waals surface area contributed by atoms with Crippen LogP contribution in [0.2, 0.25) is 0 Å². The number of methoxy groups -OCH3 is 2. The summed E-state index contributed by atoms with van der Waals surface area (Å²) in [6.45, 7) is 2.44. The van der Waals surface area contributed by atoms with Crippen LogP contribution >= 0.6 is 15.9 Å². The van der Waals surface area contributed by atoms with Gasteiger partial charge in [-0.25, -0.2) is 4.79 Å². The molecule has 0 heterocycles. The number of esters is 1. The highest BCUT2D eigenvalue weighted by Gasteiger charge is 2.24. The molecule has 0 aliphatic rings. The van der Waals surface area contributed by atoms with Gasteiger partial charge >= 0.3 is 5.97 Å². The maximum atomic E-state index is 13.4. The van der Waals surface area contributed by atoms with E-state index >= 15 is 0 Å². The number of carbonyl (C=O) groups is 2. The molecule has 0 bridgehead atoms. The van der Waals surface area contributed by atoms with E-state index in [0.29, 0.717) is 43.3 Å². The topological polar surface area (TPSA) is 102 Å². The second kappa shape index (κ2) is 18.7. The lowest BCUT2D eigenvalue weighted by molar-refractivity contribution is -0.142. The van der Waals surface area contributed by atoms with Crippen LogP contribution in [-0.2, 0) is 30.2 Å². The van der Waals surface area contributed by atoms with Gasteiger partial charge in [0, 0.05) is 23.6 Å². The van der Waals surface area contributed by atoms with Gasteiger partial charge in [-0.2, -0.15) is 0 Å². The second-order valence-electron chi connectivity index (χ2n) is 10.1. The summed E-state index contributed by atoms with van der Waals surface area (Å²) in [5.41, 5.74) is 3.00. The molecule has 0 radical (unpaired) electrons. The van der Waals surface area contributed by atoms with Gasteiger partial charge in [-0.05, 0) is 47.5 Å². The zero-order valence-electron chi connectivity index (χ0n) is 25.9. The average Bonchev–Trinajstić information content (AvgIpc) is 3.08. The highest BCUT2D eigenvalue weighted by atomic mass is 79.9. The SMILES string of the molecule is COCCOCCOCCOc1ccc(Br)cc1C(=O)N[C@@H](Cc1ccc(-c2ccccc2Oc2ccccc2)cc1)C(=O)OC. The van der Waals surface area contributed by atoms with E-state index in [9.17, 15) is 9.59 Å². The molecule has 10 heteroatoms. The third kappa shape index (κ3) is 10.7. The average molecular weight is 693 g/mol. The number of hydrogen-bond donors (Lipinski definition) is 1. The number of para-hydroxylation sites is 2. The monoisotopic (exact) mass is 691 g/mol. The second-order valence-corrected chi connectivity index (χ2v) is 11.0. The van der Waals surface area contributed by atoms with E-state index in [1.807, 2.05) is 78.9 Å². The minimum Gasteiger partial charge on any atom is -0.490 e. The fourth-order valence-corrected chi connectivity index (χ4v) is 4.88. The summed E-state index contributed by atoms with van der Waals surface area (Å²) in [5.74, 6) is 0.812. The lowest BCUT2D eigenvalue weighted by Crippen LogP contribution is -2.43. The van der Waals surface area contributed by atoms with E-state index in [0.717, 1.165) is 28.2 Å². The van der Waals surface area contributed by atoms with E-state index in [2.05, 4.69) is 21.2 Å². The first-order valence-electron chi connectivity index (χ1n) is 14.8. The molecule has 0 fully saturated rings. The lowest BCUT2D eigenvalue weighted by atomic mass is 9.99. The van der Waals surface area contributed by atoms with Crippen LogP contribution in [0.5, 0.6) is 17.2 Å². The van der Waals surface area contributed by atoms with Crippen LogP contribution in [0.25, 0.3) is 11.1 Å². The predicted octanol–water partition coefficient (Wildman–Crippen LogP) is 6.48. The molecule has 4 aromatic carbocycles. The number of ether oxygens (including phenoxy) is 6. The molecule has 0 spiro atoms. The summed E-state index contributed by atoms with van der Waals surface area (Å²) in [6, 6.07) is 29.4. The molecule has 1 amide bonds. The zero-order chi connectivity index (χ0) is 32.6. The number of amides is 1. The Morgan fingerprint density at radius 2 is 1.41 bits per heavy atom. The third-order valence-corrected chi connectivity index (χ3v) is 7.32. The predicted molar refractivity (Wildman–Crippen MR) is 179 cm³/mol. The molecule has 0 saturated heterocycles. The Morgan fingerprint density at radius 3 is 2.13 bits per heavy atom. The fraction of sp³-hybridized carbons (Fsp3) is 0.278. The van der Waals surface area contributed by atoms with E-state index < -0.39 is 17.9 Å². The van der Waals surface area contributed by atoms with Gasteiger partial charge in [-0.3, -0.25) is 4.79 Å². The number of rotatable bonds is 18. The van der Waals surface area contributed by atoms with Crippen LogP contribution in [0.3, 0.4) is 0 Å². The van der Waals surface area contributed by atoms with E-state index in [1.165, 1.54) is 7.11 Å². The van der Waals surface area contributed by atoms with Crippen molar-refractivity contribution in [3.8, 4) is 28.4 Å². The first kappa shape index (κ1) is 34.6. The normalized spacial score (nSPS) is 11.5. The first-order chi connectivity index (χ1) is 22.5. The molecule has 0 aliphatic heterocycles. The minimum absolute atomic E-state index is 0.228. The lowest BCUT2D eigenvalue weighted by Gasteiger charge is -2.19. The van der Waals surface area contributed by atoms with Crippen molar-refractivity contribution < 1.29 is 38.0 Å². The molecule has 0 unspecified atom stereocenters. The van der Waals surface area contributed by atoms with E-state index in [1.54, 1.807) is 25.3 Å². The largest absolute Gasteiger partial charge is 0.490 e. The molecular formula is C36H38BrNO8. The van der Waals surface area contributed by atoms with Crippen molar-refractivity contribution in [1.29, 1.82) is 0 Å². The van der Waals surface area contributed by atoms with Gasteiger partial charge < -0.3 is 33.7 Å². The number of nitrogens with one attached hydrogen (secondary N) is 1. The van der Waals surface area contributed by atoms with Crippen molar-refractivity contribution in [2.45, 2.75) is 12.5 Å². The molecule has 0 aliphatic carbocycles. The summed E-state index contributed by atoms with van der Waals surface area (Å²) in [4.78, 5) is 26.2. The van der Waals surface area contributed by atoms with Gasteiger partial charge in [-0.1, -0.05) is 76.6 Å². The molecule has 0 aromatic heterocycles. The maximum Gasteiger partial charge on any atom is 0.328 e. The molecule has 1 N–H and O–H groups in total. The quantitative estimate of drug-likeness (QED) is 0.0935. The van der Waals surface area contributed by atoms with Crippen LogP contribution in [0.4, 0.5) is 0 Å².